The Labute approximate surface area is 179 Å². The van der Waals surface area contributed by atoms with E-state index in [1.807, 2.05) is 42.5 Å². The van der Waals surface area contributed by atoms with Crippen LogP contribution in [0.5, 0.6) is 0 Å². The van der Waals surface area contributed by atoms with E-state index in [4.69, 9.17) is 23.8 Å². The summed E-state index contributed by atoms with van der Waals surface area (Å²) in [5.41, 5.74) is 2.53. The number of benzene rings is 2. The van der Waals surface area contributed by atoms with Gasteiger partial charge in [-0.1, -0.05) is 65.9 Å². The third-order valence-corrected chi connectivity index (χ3v) is 6.94. The molecular weight excluding hydrogens is 408 g/mol. The first kappa shape index (κ1) is 19.5. The van der Waals surface area contributed by atoms with Crippen LogP contribution in [-0.2, 0) is 0 Å². The molecule has 6 heteroatoms. The Morgan fingerprint density at radius 3 is 2.75 bits per heavy atom. The number of nitrogens with one attached hydrogen (secondary N) is 1. The molecule has 3 aromatic rings. The zero-order chi connectivity index (χ0) is 19.7. The van der Waals surface area contributed by atoms with Crippen LogP contribution in [-0.4, -0.2) is 26.8 Å². The number of hydrogen-bond donors (Lipinski definition) is 1. The van der Waals surface area contributed by atoms with Crippen molar-refractivity contribution in [3.05, 3.63) is 63.9 Å². The number of thiocarbonyl (C=S) groups is 1. The van der Waals surface area contributed by atoms with Crippen molar-refractivity contribution in [2.24, 2.45) is 0 Å². The fourth-order valence-electron chi connectivity index (χ4n) is 3.75. The maximum absolute atomic E-state index is 13.0. The van der Waals surface area contributed by atoms with Gasteiger partial charge in [-0.2, -0.15) is 0 Å². The summed E-state index contributed by atoms with van der Waals surface area (Å²) in [6.45, 7) is 3.15. The first-order valence-corrected chi connectivity index (χ1v) is 11.0. The first-order chi connectivity index (χ1) is 13.5. The van der Waals surface area contributed by atoms with Gasteiger partial charge in [-0.15, -0.1) is 0 Å². The second-order valence-corrected chi connectivity index (χ2v) is 9.20. The van der Waals surface area contributed by atoms with Gasteiger partial charge >= 0.3 is 0 Å². The van der Waals surface area contributed by atoms with E-state index in [1.54, 1.807) is 6.07 Å². The zero-order valence-electron chi connectivity index (χ0n) is 15.6. The Hall–Kier alpha value is -1.82. The predicted octanol–water partition coefficient (Wildman–Crippen LogP) is 6.10. The van der Waals surface area contributed by atoms with Gasteiger partial charge in [0.1, 0.15) is 4.32 Å². The first-order valence-electron chi connectivity index (χ1n) is 9.44. The minimum absolute atomic E-state index is 0.120. The molecule has 1 aliphatic rings. The average Bonchev–Trinajstić information content (AvgIpc) is 2.70. The van der Waals surface area contributed by atoms with Crippen LogP contribution in [0.1, 0.15) is 26.2 Å². The highest BCUT2D eigenvalue weighted by Gasteiger charge is 2.24. The molecule has 0 saturated carbocycles. The summed E-state index contributed by atoms with van der Waals surface area (Å²) in [4.78, 5) is 18.9. The molecule has 0 unspecified atom stereocenters. The number of piperidine rings is 1. The van der Waals surface area contributed by atoms with Gasteiger partial charge < -0.3 is 9.88 Å². The number of thioether (sulfide) groups is 1. The molecule has 1 aromatic heterocycles. The van der Waals surface area contributed by atoms with Crippen molar-refractivity contribution >= 4 is 50.8 Å². The van der Waals surface area contributed by atoms with Crippen LogP contribution in [0.25, 0.3) is 22.0 Å². The summed E-state index contributed by atoms with van der Waals surface area (Å²) < 4.78 is 0.760. The molecule has 1 saturated heterocycles. The molecule has 1 aliphatic heterocycles. The number of halogens is 1. The molecule has 3 nitrogen and oxygen atoms in total. The van der Waals surface area contributed by atoms with Crippen LogP contribution in [0.3, 0.4) is 0 Å². The number of rotatable bonds is 2. The number of fused-ring (bicyclic) bond motifs is 1. The molecule has 0 bridgehead atoms. The monoisotopic (exact) mass is 428 g/mol. The second kappa shape index (κ2) is 8.27. The summed E-state index contributed by atoms with van der Waals surface area (Å²) in [5, 5.41) is 1.57. The van der Waals surface area contributed by atoms with Gasteiger partial charge in [0.15, 0.2) is 0 Å². The number of likely N-dealkylation sites (tertiary alicyclic amines) is 1. The fourth-order valence-corrected chi connectivity index (χ4v) is 5.48. The molecule has 0 spiro atoms. The molecule has 0 radical (unpaired) electrons. The Morgan fingerprint density at radius 2 is 2.00 bits per heavy atom. The molecule has 1 fully saturated rings. The van der Waals surface area contributed by atoms with E-state index in [-0.39, 0.29) is 5.56 Å². The number of H-pyrrole nitrogens is 1. The van der Waals surface area contributed by atoms with Gasteiger partial charge in [0.25, 0.3) is 5.56 Å². The molecule has 4 rings (SSSR count). The minimum atomic E-state index is -0.120. The fraction of sp³-hybridized carbons (Fsp3) is 0.273. The van der Waals surface area contributed by atoms with Crippen molar-refractivity contribution in [2.75, 3.05) is 6.54 Å². The van der Waals surface area contributed by atoms with E-state index in [0.29, 0.717) is 16.0 Å². The molecule has 1 N–H and O–H groups in total. The van der Waals surface area contributed by atoms with Gasteiger partial charge in [-0.3, -0.25) is 4.79 Å². The van der Waals surface area contributed by atoms with Crippen LogP contribution >= 0.6 is 35.6 Å². The Morgan fingerprint density at radius 1 is 1.21 bits per heavy atom. The Balaban J connectivity index is 1.86. The topological polar surface area (TPSA) is 36.1 Å². The minimum Gasteiger partial charge on any atom is -0.355 e. The quantitative estimate of drug-likeness (QED) is 0.395. The third-order valence-electron chi connectivity index (χ3n) is 5.22. The third kappa shape index (κ3) is 3.84. The summed E-state index contributed by atoms with van der Waals surface area (Å²) >= 11 is 13.4. The van der Waals surface area contributed by atoms with Gasteiger partial charge in [0.05, 0.1) is 4.90 Å². The van der Waals surface area contributed by atoms with E-state index >= 15 is 0 Å². The normalized spacial score (nSPS) is 17.1. The number of nitrogens with zero attached hydrogens (tertiary/aromatic N) is 1. The number of hydrogen-bond acceptors (Lipinski definition) is 3. The average molecular weight is 429 g/mol. The molecule has 0 amide bonds. The molecule has 1 atom stereocenters. The van der Waals surface area contributed by atoms with Gasteiger partial charge in [0, 0.05) is 34.1 Å². The number of pyridine rings is 1. The molecule has 28 heavy (non-hydrogen) atoms. The van der Waals surface area contributed by atoms with Crippen molar-refractivity contribution in [1.82, 2.24) is 9.88 Å². The lowest BCUT2D eigenvalue weighted by Gasteiger charge is -2.35. The van der Waals surface area contributed by atoms with Crippen molar-refractivity contribution in [1.29, 1.82) is 0 Å². The van der Waals surface area contributed by atoms with E-state index in [9.17, 15) is 4.79 Å². The van der Waals surface area contributed by atoms with Crippen molar-refractivity contribution in [3.8, 4) is 11.1 Å². The van der Waals surface area contributed by atoms with Crippen LogP contribution in [0, 0.1) is 0 Å². The summed E-state index contributed by atoms with van der Waals surface area (Å²) in [6, 6.07) is 15.9. The second-order valence-electron chi connectivity index (χ2n) is 7.12. The molecule has 2 heterocycles. The SMILES string of the molecule is C[C@H]1CCCCN1C(=S)Sc1c(-c2ccccc2)c2cc(Cl)ccc2[nH]c1=O. The van der Waals surface area contributed by atoms with Gasteiger partial charge in [-0.05, 0) is 49.9 Å². The molecule has 0 aliphatic carbocycles. The van der Waals surface area contributed by atoms with E-state index in [1.165, 1.54) is 18.2 Å². The van der Waals surface area contributed by atoms with E-state index in [2.05, 4.69) is 16.8 Å². The number of aromatic nitrogens is 1. The van der Waals surface area contributed by atoms with Crippen LogP contribution in [0.15, 0.2) is 58.2 Å². The Kier molecular flexibility index (Phi) is 5.76. The molecular formula is C22H21ClN2OS2. The highest BCUT2D eigenvalue weighted by molar-refractivity contribution is 8.23. The van der Waals surface area contributed by atoms with Crippen molar-refractivity contribution in [3.63, 3.8) is 0 Å². The lowest BCUT2D eigenvalue weighted by atomic mass is 10.0. The van der Waals surface area contributed by atoms with Gasteiger partial charge in [0.2, 0.25) is 0 Å². The highest BCUT2D eigenvalue weighted by Crippen LogP contribution is 2.37. The van der Waals surface area contributed by atoms with Gasteiger partial charge in [-0.25, -0.2) is 0 Å². The smallest absolute Gasteiger partial charge is 0.263 e. The van der Waals surface area contributed by atoms with Crippen LogP contribution in [0.2, 0.25) is 5.02 Å². The maximum atomic E-state index is 13.0. The van der Waals surface area contributed by atoms with E-state index < -0.39 is 0 Å². The molecule has 144 valence electrons. The molecule has 2 aromatic carbocycles. The summed E-state index contributed by atoms with van der Waals surface area (Å²) in [7, 11) is 0. The maximum Gasteiger partial charge on any atom is 0.263 e. The zero-order valence-corrected chi connectivity index (χ0v) is 18.0. The lowest BCUT2D eigenvalue weighted by Crippen LogP contribution is -2.40. The summed E-state index contributed by atoms with van der Waals surface area (Å²) in [5.74, 6) is 0. The summed E-state index contributed by atoms with van der Waals surface area (Å²) in [6.07, 6.45) is 3.51. The number of aromatic amines is 1. The van der Waals surface area contributed by atoms with Crippen LogP contribution < -0.4 is 5.56 Å². The standard InChI is InChI=1S/C22H21ClN2OS2/c1-14-7-5-6-12-25(14)22(27)28-20-19(15-8-3-2-4-9-15)17-13-16(23)10-11-18(17)24-21(20)26/h2-4,8-11,13-14H,5-7,12H2,1H3,(H,24,26)/t14-/m0/s1. The highest BCUT2D eigenvalue weighted by atomic mass is 35.5. The van der Waals surface area contributed by atoms with Crippen molar-refractivity contribution < 1.29 is 0 Å². The van der Waals surface area contributed by atoms with Crippen molar-refractivity contribution in [2.45, 2.75) is 37.1 Å². The Bertz CT molecular complexity index is 1080. The van der Waals surface area contributed by atoms with Crippen LogP contribution in [0.4, 0.5) is 0 Å². The van der Waals surface area contributed by atoms with E-state index in [0.717, 1.165) is 45.7 Å². The predicted molar refractivity (Wildman–Crippen MR) is 123 cm³/mol. The lowest BCUT2D eigenvalue weighted by molar-refractivity contribution is 0.267. The largest absolute Gasteiger partial charge is 0.355 e.